The molecule has 0 spiro atoms. The van der Waals surface area contributed by atoms with E-state index in [0.29, 0.717) is 0 Å². The highest BCUT2D eigenvalue weighted by molar-refractivity contribution is 9.11. The lowest BCUT2D eigenvalue weighted by Crippen LogP contribution is -1.75. The predicted molar refractivity (Wildman–Crippen MR) is 46.7 cm³/mol. The molecular formula is C8H13Br. The van der Waals surface area contributed by atoms with Crippen LogP contribution in [0.2, 0.25) is 0 Å². The third-order valence-corrected chi connectivity index (χ3v) is 1.62. The lowest BCUT2D eigenvalue weighted by Gasteiger charge is -1.96. The van der Waals surface area contributed by atoms with Gasteiger partial charge >= 0.3 is 0 Å². The van der Waals surface area contributed by atoms with E-state index >= 15 is 0 Å². The maximum atomic E-state index is 3.40. The average Bonchev–Trinajstić information content (AvgIpc) is 1.94. The second kappa shape index (κ2) is 6.09. The van der Waals surface area contributed by atoms with Crippen LogP contribution in [0.5, 0.6) is 0 Å². The van der Waals surface area contributed by atoms with E-state index < -0.39 is 0 Å². The van der Waals surface area contributed by atoms with Gasteiger partial charge in [-0.3, -0.25) is 0 Å². The van der Waals surface area contributed by atoms with Gasteiger partial charge in [-0.25, -0.2) is 0 Å². The van der Waals surface area contributed by atoms with E-state index in [1.807, 2.05) is 13.8 Å². The van der Waals surface area contributed by atoms with Crippen LogP contribution in [-0.2, 0) is 0 Å². The summed E-state index contributed by atoms with van der Waals surface area (Å²) in [6, 6.07) is 0. The molecule has 1 rings (SSSR count). The van der Waals surface area contributed by atoms with Gasteiger partial charge in [-0.05, 0) is 17.3 Å². The van der Waals surface area contributed by atoms with E-state index in [-0.39, 0.29) is 0 Å². The number of halogens is 1. The fourth-order valence-corrected chi connectivity index (χ4v) is 0.955. The molecule has 0 unspecified atom stereocenters. The van der Waals surface area contributed by atoms with Crippen molar-refractivity contribution in [2.75, 3.05) is 0 Å². The fraction of sp³-hybridized carbons (Fsp3) is 0.500. The topological polar surface area (TPSA) is 0 Å². The van der Waals surface area contributed by atoms with Gasteiger partial charge in [0.2, 0.25) is 0 Å². The Morgan fingerprint density at radius 1 is 1.44 bits per heavy atom. The van der Waals surface area contributed by atoms with Gasteiger partial charge in [0, 0.05) is 0 Å². The molecule has 0 aromatic carbocycles. The zero-order valence-electron chi connectivity index (χ0n) is 6.02. The van der Waals surface area contributed by atoms with E-state index in [9.17, 15) is 0 Å². The van der Waals surface area contributed by atoms with Gasteiger partial charge < -0.3 is 0 Å². The third-order valence-electron chi connectivity index (χ3n) is 0.963. The molecule has 0 N–H and O–H groups in total. The van der Waals surface area contributed by atoms with Gasteiger partial charge in [-0.1, -0.05) is 48.0 Å². The molecule has 1 heteroatoms. The summed E-state index contributed by atoms with van der Waals surface area (Å²) in [6.45, 7) is 4.00. The van der Waals surface area contributed by atoms with E-state index in [1.165, 1.54) is 17.3 Å². The summed E-state index contributed by atoms with van der Waals surface area (Å²) >= 11 is 3.40. The van der Waals surface area contributed by atoms with Gasteiger partial charge in [0.25, 0.3) is 0 Å². The van der Waals surface area contributed by atoms with Crippen LogP contribution in [0.15, 0.2) is 22.7 Å². The van der Waals surface area contributed by atoms with Gasteiger partial charge in [0.1, 0.15) is 0 Å². The van der Waals surface area contributed by atoms with E-state index in [4.69, 9.17) is 0 Å². The maximum absolute atomic E-state index is 3.40. The SMILES string of the molecule is BrC1=CC=CCC1.CC. The van der Waals surface area contributed by atoms with Crippen LogP contribution >= 0.6 is 15.9 Å². The van der Waals surface area contributed by atoms with Crippen LogP contribution < -0.4 is 0 Å². The van der Waals surface area contributed by atoms with Crippen molar-refractivity contribution in [3.8, 4) is 0 Å². The number of hydrogen-bond donors (Lipinski definition) is 0. The normalized spacial score (nSPS) is 15.7. The molecule has 0 saturated carbocycles. The summed E-state index contributed by atoms with van der Waals surface area (Å²) in [7, 11) is 0. The van der Waals surface area contributed by atoms with Crippen LogP contribution in [0.25, 0.3) is 0 Å². The first kappa shape index (κ1) is 8.96. The van der Waals surface area contributed by atoms with Crippen LogP contribution in [0.4, 0.5) is 0 Å². The Labute approximate surface area is 65.8 Å². The largest absolute Gasteiger partial charge is 0.0842 e. The third kappa shape index (κ3) is 4.46. The molecule has 1 aliphatic carbocycles. The summed E-state index contributed by atoms with van der Waals surface area (Å²) < 4.78 is 1.31. The maximum Gasteiger partial charge on any atom is -0.00464 e. The molecule has 0 aromatic rings. The minimum Gasteiger partial charge on any atom is -0.0842 e. The molecule has 0 saturated heterocycles. The molecule has 1 aliphatic rings. The molecule has 0 heterocycles. The summed E-state index contributed by atoms with van der Waals surface area (Å²) in [5.74, 6) is 0. The van der Waals surface area contributed by atoms with E-state index in [1.54, 1.807) is 0 Å². The van der Waals surface area contributed by atoms with Crippen molar-refractivity contribution in [3.63, 3.8) is 0 Å². The van der Waals surface area contributed by atoms with Crippen LogP contribution in [0.3, 0.4) is 0 Å². The Bertz CT molecular complexity index is 112. The fourth-order valence-electron chi connectivity index (χ4n) is 0.573. The summed E-state index contributed by atoms with van der Waals surface area (Å²) in [6.07, 6.45) is 8.70. The van der Waals surface area contributed by atoms with Gasteiger partial charge in [0.15, 0.2) is 0 Å². The highest BCUT2D eigenvalue weighted by Gasteiger charge is 1.90. The smallest absolute Gasteiger partial charge is 0.00464 e. The minimum atomic E-state index is 1.18. The van der Waals surface area contributed by atoms with Crippen molar-refractivity contribution in [2.24, 2.45) is 0 Å². The molecule has 0 atom stereocenters. The lowest BCUT2D eigenvalue weighted by molar-refractivity contribution is 1.02. The molecule has 0 radical (unpaired) electrons. The first-order chi connectivity index (χ1) is 4.39. The summed E-state index contributed by atoms with van der Waals surface area (Å²) in [5, 5.41) is 0. The van der Waals surface area contributed by atoms with Crippen molar-refractivity contribution in [3.05, 3.63) is 22.7 Å². The Balaban J connectivity index is 0.000000291. The average molecular weight is 189 g/mol. The monoisotopic (exact) mass is 188 g/mol. The first-order valence-corrected chi connectivity index (χ1v) is 4.20. The standard InChI is InChI=1S/C6H7Br.C2H6/c7-6-4-2-1-3-5-6;1-2/h1-2,4H,3,5H2;1-2H3. The van der Waals surface area contributed by atoms with Crippen LogP contribution in [-0.4, -0.2) is 0 Å². The van der Waals surface area contributed by atoms with Crippen molar-refractivity contribution < 1.29 is 0 Å². The molecule has 9 heavy (non-hydrogen) atoms. The Morgan fingerprint density at radius 3 is 2.33 bits per heavy atom. The van der Waals surface area contributed by atoms with Crippen molar-refractivity contribution in [2.45, 2.75) is 26.7 Å². The predicted octanol–water partition coefficient (Wildman–Crippen LogP) is 3.64. The molecule has 0 amide bonds. The molecule has 0 aromatic heterocycles. The van der Waals surface area contributed by atoms with Crippen molar-refractivity contribution >= 4 is 15.9 Å². The second-order valence-corrected chi connectivity index (χ2v) is 2.60. The molecular weight excluding hydrogens is 176 g/mol. The Hall–Kier alpha value is -0.0400. The first-order valence-electron chi connectivity index (χ1n) is 3.41. The minimum absolute atomic E-state index is 1.18. The highest BCUT2D eigenvalue weighted by atomic mass is 79.9. The molecule has 52 valence electrons. The van der Waals surface area contributed by atoms with E-state index in [0.717, 1.165) is 0 Å². The molecule has 0 fully saturated rings. The second-order valence-electron chi connectivity index (χ2n) is 1.58. The molecule has 0 aliphatic heterocycles. The quantitative estimate of drug-likeness (QED) is 0.545. The van der Waals surface area contributed by atoms with Crippen molar-refractivity contribution in [1.29, 1.82) is 0 Å². The number of allylic oxidation sites excluding steroid dienone is 4. The Morgan fingerprint density at radius 2 is 2.11 bits per heavy atom. The highest BCUT2D eigenvalue weighted by Crippen LogP contribution is 2.16. The van der Waals surface area contributed by atoms with E-state index in [2.05, 4.69) is 34.2 Å². The lowest BCUT2D eigenvalue weighted by atomic mass is 10.2. The number of hydrogen-bond acceptors (Lipinski definition) is 0. The summed E-state index contributed by atoms with van der Waals surface area (Å²) in [5.41, 5.74) is 0. The Kier molecular flexibility index (Phi) is 6.06. The zero-order chi connectivity index (χ0) is 7.11. The summed E-state index contributed by atoms with van der Waals surface area (Å²) in [4.78, 5) is 0. The zero-order valence-corrected chi connectivity index (χ0v) is 7.61. The van der Waals surface area contributed by atoms with Crippen LogP contribution in [0, 0.1) is 0 Å². The van der Waals surface area contributed by atoms with Gasteiger partial charge in [-0.2, -0.15) is 0 Å². The van der Waals surface area contributed by atoms with Crippen molar-refractivity contribution in [1.82, 2.24) is 0 Å². The number of rotatable bonds is 0. The van der Waals surface area contributed by atoms with Gasteiger partial charge in [-0.15, -0.1) is 0 Å². The van der Waals surface area contributed by atoms with Crippen LogP contribution in [0.1, 0.15) is 26.7 Å². The molecule has 0 bridgehead atoms. The molecule has 0 nitrogen and oxygen atoms in total. The van der Waals surface area contributed by atoms with Gasteiger partial charge in [0.05, 0.1) is 0 Å².